The van der Waals surface area contributed by atoms with Crippen LogP contribution in [0.15, 0.2) is 42.5 Å². The second kappa shape index (κ2) is 5.10. The summed E-state index contributed by atoms with van der Waals surface area (Å²) in [5.41, 5.74) is 1.55. The van der Waals surface area contributed by atoms with Crippen LogP contribution >= 0.6 is 0 Å². The fourth-order valence-corrected chi connectivity index (χ4v) is 1.10. The summed E-state index contributed by atoms with van der Waals surface area (Å²) in [5, 5.41) is 8.36. The van der Waals surface area contributed by atoms with Gasteiger partial charge in [-0.15, -0.1) is 0 Å². The van der Waals surface area contributed by atoms with Gasteiger partial charge in [-0.25, -0.2) is 9.18 Å². The van der Waals surface area contributed by atoms with Gasteiger partial charge in [-0.3, -0.25) is 0 Å². The van der Waals surface area contributed by atoms with E-state index in [1.54, 1.807) is 25.1 Å². The van der Waals surface area contributed by atoms with Crippen LogP contribution in [-0.2, 0) is 4.79 Å². The van der Waals surface area contributed by atoms with Crippen LogP contribution in [0.5, 0.6) is 0 Å². The molecule has 0 saturated heterocycles. The second-order valence-corrected chi connectivity index (χ2v) is 3.06. The van der Waals surface area contributed by atoms with Crippen molar-refractivity contribution in [3.63, 3.8) is 0 Å². The van der Waals surface area contributed by atoms with Crippen molar-refractivity contribution in [1.82, 2.24) is 0 Å². The Bertz CT molecular complexity index is 419. The molecule has 0 aliphatic carbocycles. The number of benzene rings is 1. The van der Waals surface area contributed by atoms with E-state index in [-0.39, 0.29) is 5.82 Å². The van der Waals surface area contributed by atoms with E-state index in [4.69, 9.17) is 5.11 Å². The highest BCUT2D eigenvalue weighted by Crippen LogP contribution is 2.14. The van der Waals surface area contributed by atoms with E-state index in [0.717, 1.165) is 17.2 Å². The lowest BCUT2D eigenvalue weighted by Crippen LogP contribution is -1.85. The number of halogens is 1. The molecule has 0 saturated carbocycles. The summed E-state index contributed by atoms with van der Waals surface area (Å²) < 4.78 is 12.8. The molecular weight excluding hydrogens is 195 g/mol. The molecule has 2 nitrogen and oxygen atoms in total. The summed E-state index contributed by atoms with van der Waals surface area (Å²) in [6.07, 6.45) is 4.08. The highest BCUT2D eigenvalue weighted by Gasteiger charge is 1.95. The molecule has 0 fully saturated rings. The first-order chi connectivity index (χ1) is 7.09. The van der Waals surface area contributed by atoms with E-state index in [1.807, 2.05) is 0 Å². The average molecular weight is 206 g/mol. The number of carboxylic acids is 1. The Balaban J connectivity index is 2.84. The smallest absolute Gasteiger partial charge is 0.328 e. The Morgan fingerprint density at radius 3 is 2.80 bits per heavy atom. The summed E-state index contributed by atoms with van der Waals surface area (Å²) in [5.74, 6) is -1.30. The Kier molecular flexibility index (Phi) is 3.80. The lowest BCUT2D eigenvalue weighted by atomic mass is 10.1. The Morgan fingerprint density at radius 2 is 2.20 bits per heavy atom. The fraction of sp³-hybridized carbons (Fsp3) is 0.0833. The van der Waals surface area contributed by atoms with Crippen LogP contribution in [0.1, 0.15) is 12.5 Å². The normalized spacial score (nSPS) is 12.0. The van der Waals surface area contributed by atoms with Crippen LogP contribution in [0.2, 0.25) is 0 Å². The number of hydrogen-bond acceptors (Lipinski definition) is 1. The maximum absolute atomic E-state index is 12.8. The van der Waals surface area contributed by atoms with E-state index in [9.17, 15) is 9.18 Å². The standard InChI is InChI=1S/C12H11FO2/c1-9(4-2-7-12(14)15)10-5-3-6-11(13)8-10/h2-8H,1H3,(H,14,15)/b7-2+,9-4+. The molecule has 0 atom stereocenters. The average Bonchev–Trinajstić information content (AvgIpc) is 2.17. The topological polar surface area (TPSA) is 37.3 Å². The van der Waals surface area contributed by atoms with Crippen LogP contribution < -0.4 is 0 Å². The lowest BCUT2D eigenvalue weighted by Gasteiger charge is -1.99. The zero-order valence-corrected chi connectivity index (χ0v) is 8.27. The minimum Gasteiger partial charge on any atom is -0.478 e. The van der Waals surface area contributed by atoms with Crippen LogP contribution in [0.4, 0.5) is 4.39 Å². The number of carbonyl (C=O) groups is 1. The molecule has 3 heteroatoms. The predicted octanol–water partition coefficient (Wildman–Crippen LogP) is 2.87. The van der Waals surface area contributed by atoms with Gasteiger partial charge in [-0.05, 0) is 30.2 Å². The Labute approximate surface area is 87.4 Å². The maximum atomic E-state index is 12.8. The molecule has 0 aromatic heterocycles. The zero-order valence-electron chi connectivity index (χ0n) is 8.27. The molecule has 0 spiro atoms. The minimum atomic E-state index is -1.00. The van der Waals surface area contributed by atoms with Crippen LogP contribution in [-0.4, -0.2) is 11.1 Å². The summed E-state index contributed by atoms with van der Waals surface area (Å²) in [4.78, 5) is 10.2. The van der Waals surface area contributed by atoms with E-state index in [1.165, 1.54) is 18.2 Å². The highest BCUT2D eigenvalue weighted by atomic mass is 19.1. The molecule has 1 rings (SSSR count). The summed E-state index contributed by atoms with van der Waals surface area (Å²) >= 11 is 0. The number of carboxylic acid groups (broad SMARTS) is 1. The van der Waals surface area contributed by atoms with Crippen LogP contribution in [0, 0.1) is 5.82 Å². The van der Waals surface area contributed by atoms with Crippen LogP contribution in [0.3, 0.4) is 0 Å². The number of aliphatic carboxylic acids is 1. The van der Waals surface area contributed by atoms with Gasteiger partial charge in [-0.2, -0.15) is 0 Å². The van der Waals surface area contributed by atoms with E-state index in [2.05, 4.69) is 0 Å². The molecule has 0 heterocycles. The molecule has 0 aliphatic heterocycles. The largest absolute Gasteiger partial charge is 0.478 e. The van der Waals surface area contributed by atoms with Crippen molar-refractivity contribution in [1.29, 1.82) is 0 Å². The van der Waals surface area contributed by atoms with E-state index in [0.29, 0.717) is 0 Å². The predicted molar refractivity (Wildman–Crippen MR) is 56.8 cm³/mol. The van der Waals surface area contributed by atoms with Gasteiger partial charge in [0.1, 0.15) is 5.82 Å². The third kappa shape index (κ3) is 3.77. The SMILES string of the molecule is C/C(=C\C=C\C(=O)O)c1cccc(F)c1. The van der Waals surface area contributed by atoms with Crippen molar-refractivity contribution in [3.05, 3.63) is 53.9 Å². The van der Waals surface area contributed by atoms with E-state index < -0.39 is 5.97 Å². The van der Waals surface area contributed by atoms with Crippen molar-refractivity contribution < 1.29 is 14.3 Å². The molecule has 0 amide bonds. The summed E-state index contributed by atoms with van der Waals surface area (Å²) in [6.45, 7) is 1.79. The summed E-state index contributed by atoms with van der Waals surface area (Å²) in [6, 6.07) is 6.15. The molecule has 1 aromatic rings. The third-order valence-corrected chi connectivity index (χ3v) is 1.86. The van der Waals surface area contributed by atoms with Gasteiger partial charge in [0.25, 0.3) is 0 Å². The van der Waals surface area contributed by atoms with Crippen molar-refractivity contribution in [3.8, 4) is 0 Å². The Hall–Kier alpha value is -1.90. The first-order valence-electron chi connectivity index (χ1n) is 4.43. The second-order valence-electron chi connectivity index (χ2n) is 3.06. The number of rotatable bonds is 3. The monoisotopic (exact) mass is 206 g/mol. The van der Waals surface area contributed by atoms with E-state index >= 15 is 0 Å². The lowest BCUT2D eigenvalue weighted by molar-refractivity contribution is -0.131. The van der Waals surface area contributed by atoms with Gasteiger partial charge in [0.15, 0.2) is 0 Å². The quantitative estimate of drug-likeness (QED) is 0.610. The van der Waals surface area contributed by atoms with Gasteiger partial charge in [0, 0.05) is 6.08 Å². The van der Waals surface area contributed by atoms with Crippen molar-refractivity contribution in [2.24, 2.45) is 0 Å². The van der Waals surface area contributed by atoms with Gasteiger partial charge in [0.05, 0.1) is 0 Å². The van der Waals surface area contributed by atoms with Crippen molar-refractivity contribution in [2.75, 3.05) is 0 Å². The molecule has 15 heavy (non-hydrogen) atoms. The minimum absolute atomic E-state index is 0.303. The summed E-state index contributed by atoms with van der Waals surface area (Å²) in [7, 11) is 0. The molecule has 1 aromatic carbocycles. The maximum Gasteiger partial charge on any atom is 0.328 e. The van der Waals surface area contributed by atoms with Gasteiger partial charge in [-0.1, -0.05) is 24.3 Å². The Morgan fingerprint density at radius 1 is 1.47 bits per heavy atom. The van der Waals surface area contributed by atoms with Gasteiger partial charge in [0.2, 0.25) is 0 Å². The molecule has 0 bridgehead atoms. The van der Waals surface area contributed by atoms with Gasteiger partial charge < -0.3 is 5.11 Å². The fourth-order valence-electron chi connectivity index (χ4n) is 1.10. The van der Waals surface area contributed by atoms with Gasteiger partial charge >= 0.3 is 5.97 Å². The number of hydrogen-bond donors (Lipinski definition) is 1. The molecule has 0 aliphatic rings. The van der Waals surface area contributed by atoms with Crippen molar-refractivity contribution >= 4 is 11.5 Å². The molecule has 78 valence electrons. The molecular formula is C12H11FO2. The molecule has 0 radical (unpaired) electrons. The molecule has 1 N–H and O–H groups in total. The number of allylic oxidation sites excluding steroid dienone is 3. The third-order valence-electron chi connectivity index (χ3n) is 1.86. The zero-order chi connectivity index (χ0) is 11.3. The highest BCUT2D eigenvalue weighted by molar-refractivity contribution is 5.80. The van der Waals surface area contributed by atoms with Crippen LogP contribution in [0.25, 0.3) is 5.57 Å². The van der Waals surface area contributed by atoms with Crippen molar-refractivity contribution in [2.45, 2.75) is 6.92 Å². The first kappa shape index (κ1) is 11.2. The molecule has 0 unspecified atom stereocenters. The first-order valence-corrected chi connectivity index (χ1v) is 4.43.